The molecule has 2 nitrogen and oxygen atoms in total. The highest BCUT2D eigenvalue weighted by Gasteiger charge is 2.37. The fourth-order valence-electron chi connectivity index (χ4n) is 2.04. The number of rotatable bonds is 7. The zero-order valence-corrected chi connectivity index (χ0v) is 9.42. The molecule has 2 unspecified atom stereocenters. The Morgan fingerprint density at radius 2 is 2.07 bits per heavy atom. The number of hydrogen-bond donors (Lipinski definition) is 0. The van der Waals surface area contributed by atoms with Crippen molar-refractivity contribution < 1.29 is 9.53 Å². The molecular weight excluding hydrogens is 176 g/mol. The van der Waals surface area contributed by atoms with E-state index >= 15 is 0 Å². The summed E-state index contributed by atoms with van der Waals surface area (Å²) in [4.78, 5) is 11.0. The lowest BCUT2D eigenvalue weighted by molar-refractivity contribution is -0.141. The van der Waals surface area contributed by atoms with Crippen molar-refractivity contribution >= 4 is 5.97 Å². The molecule has 2 heteroatoms. The topological polar surface area (TPSA) is 26.3 Å². The number of carbonyl (C=O) groups excluding carboxylic acids is 1. The minimum atomic E-state index is -0.0361. The monoisotopic (exact) mass is 198 g/mol. The van der Waals surface area contributed by atoms with Crippen LogP contribution in [-0.2, 0) is 9.53 Å². The molecule has 0 bridgehead atoms. The van der Waals surface area contributed by atoms with E-state index in [-0.39, 0.29) is 5.97 Å². The molecule has 0 spiro atoms. The summed E-state index contributed by atoms with van der Waals surface area (Å²) in [5.41, 5.74) is 0. The first-order valence-corrected chi connectivity index (χ1v) is 5.84. The van der Waals surface area contributed by atoms with Gasteiger partial charge in [0.15, 0.2) is 0 Å². The van der Waals surface area contributed by atoms with Gasteiger partial charge in [0.05, 0.1) is 7.11 Å². The van der Waals surface area contributed by atoms with Gasteiger partial charge in [0.2, 0.25) is 0 Å². The average molecular weight is 198 g/mol. The van der Waals surface area contributed by atoms with Gasteiger partial charge in [-0.3, -0.25) is 4.79 Å². The molecule has 0 amide bonds. The average Bonchev–Trinajstić information content (AvgIpc) is 2.91. The van der Waals surface area contributed by atoms with E-state index in [4.69, 9.17) is 0 Å². The van der Waals surface area contributed by atoms with Crippen LogP contribution in [0.4, 0.5) is 0 Å². The summed E-state index contributed by atoms with van der Waals surface area (Å²) in [7, 11) is 1.47. The molecule has 1 aliphatic carbocycles. The Kier molecular flexibility index (Phi) is 4.99. The fraction of sp³-hybridized carbons (Fsp3) is 0.917. The van der Waals surface area contributed by atoms with Crippen molar-refractivity contribution in [1.29, 1.82) is 0 Å². The Morgan fingerprint density at radius 1 is 1.29 bits per heavy atom. The lowest BCUT2D eigenvalue weighted by atomic mass is 10.1. The second-order valence-electron chi connectivity index (χ2n) is 4.39. The molecule has 1 fully saturated rings. The molecule has 14 heavy (non-hydrogen) atoms. The third-order valence-corrected chi connectivity index (χ3v) is 3.15. The number of unbranched alkanes of at least 4 members (excludes halogenated alkanes) is 3. The van der Waals surface area contributed by atoms with Gasteiger partial charge in [-0.2, -0.15) is 0 Å². The molecule has 1 aliphatic rings. The van der Waals surface area contributed by atoms with E-state index in [9.17, 15) is 4.79 Å². The van der Waals surface area contributed by atoms with Crippen LogP contribution in [0.2, 0.25) is 0 Å². The van der Waals surface area contributed by atoms with E-state index in [2.05, 4.69) is 11.7 Å². The fourth-order valence-corrected chi connectivity index (χ4v) is 2.04. The Labute approximate surface area is 87.0 Å². The summed E-state index contributed by atoms with van der Waals surface area (Å²) in [5.74, 6) is 1.43. The van der Waals surface area contributed by atoms with Gasteiger partial charge in [-0.15, -0.1) is 0 Å². The maximum Gasteiger partial charge on any atom is 0.305 e. The minimum absolute atomic E-state index is 0.0361. The maximum absolute atomic E-state index is 11.0. The summed E-state index contributed by atoms with van der Waals surface area (Å²) in [5, 5.41) is 0. The molecule has 0 radical (unpaired) electrons. The number of hydrogen-bond acceptors (Lipinski definition) is 2. The molecule has 0 aromatic heterocycles. The van der Waals surface area contributed by atoms with Crippen molar-refractivity contribution in [2.45, 2.75) is 51.9 Å². The second kappa shape index (κ2) is 6.05. The third kappa shape index (κ3) is 4.12. The highest BCUT2D eigenvalue weighted by Crippen LogP contribution is 2.44. The van der Waals surface area contributed by atoms with Gasteiger partial charge in [-0.1, -0.05) is 39.0 Å². The van der Waals surface area contributed by atoms with E-state index in [1.807, 2.05) is 0 Å². The van der Waals surface area contributed by atoms with E-state index in [0.717, 1.165) is 5.92 Å². The lowest BCUT2D eigenvalue weighted by Gasteiger charge is -1.99. The zero-order chi connectivity index (χ0) is 10.4. The van der Waals surface area contributed by atoms with Crippen LogP contribution in [0.15, 0.2) is 0 Å². The number of methoxy groups -OCH3 is 1. The second-order valence-corrected chi connectivity index (χ2v) is 4.39. The SMILES string of the molecule is CCCCCCC1CC1CC(=O)OC. The molecule has 0 N–H and O–H groups in total. The maximum atomic E-state index is 11.0. The molecule has 0 aromatic rings. The molecule has 2 atom stereocenters. The van der Waals surface area contributed by atoms with Crippen LogP contribution in [0.25, 0.3) is 0 Å². The first-order chi connectivity index (χ1) is 6.77. The summed E-state index contributed by atoms with van der Waals surface area (Å²) < 4.78 is 4.65. The summed E-state index contributed by atoms with van der Waals surface area (Å²) in [6.07, 6.45) is 8.58. The molecule has 1 saturated carbocycles. The lowest BCUT2D eigenvalue weighted by Crippen LogP contribution is -2.01. The molecule has 82 valence electrons. The highest BCUT2D eigenvalue weighted by molar-refractivity contribution is 5.69. The van der Waals surface area contributed by atoms with Gasteiger partial charge in [0, 0.05) is 6.42 Å². The van der Waals surface area contributed by atoms with Crippen molar-refractivity contribution in [1.82, 2.24) is 0 Å². The Hall–Kier alpha value is -0.530. The third-order valence-electron chi connectivity index (χ3n) is 3.15. The van der Waals surface area contributed by atoms with Crippen LogP contribution in [0.3, 0.4) is 0 Å². The van der Waals surface area contributed by atoms with Crippen LogP contribution in [0.1, 0.15) is 51.9 Å². The predicted octanol–water partition coefficient (Wildman–Crippen LogP) is 3.16. The molecule has 0 aliphatic heterocycles. The van der Waals surface area contributed by atoms with Gasteiger partial charge in [-0.05, 0) is 18.3 Å². The Morgan fingerprint density at radius 3 is 2.71 bits per heavy atom. The first kappa shape index (κ1) is 11.5. The normalized spacial score (nSPS) is 24.7. The van der Waals surface area contributed by atoms with E-state index in [1.165, 1.54) is 45.6 Å². The van der Waals surface area contributed by atoms with Crippen LogP contribution in [0.5, 0.6) is 0 Å². The van der Waals surface area contributed by atoms with Crippen molar-refractivity contribution in [3.63, 3.8) is 0 Å². The molecule has 1 rings (SSSR count). The Balaban J connectivity index is 1.95. The largest absolute Gasteiger partial charge is 0.469 e. The predicted molar refractivity (Wildman–Crippen MR) is 57.0 cm³/mol. The van der Waals surface area contributed by atoms with Crippen molar-refractivity contribution in [3.8, 4) is 0 Å². The van der Waals surface area contributed by atoms with Crippen molar-refractivity contribution in [3.05, 3.63) is 0 Å². The molecule has 0 heterocycles. The Bertz CT molecular complexity index is 177. The van der Waals surface area contributed by atoms with Gasteiger partial charge in [0.1, 0.15) is 0 Å². The number of carbonyl (C=O) groups is 1. The van der Waals surface area contributed by atoms with Crippen molar-refractivity contribution in [2.24, 2.45) is 11.8 Å². The van der Waals surface area contributed by atoms with Gasteiger partial charge in [-0.25, -0.2) is 0 Å². The standard InChI is InChI=1S/C12H22O2/c1-3-4-5-6-7-10-8-11(10)9-12(13)14-2/h10-11H,3-9H2,1-2H3. The summed E-state index contributed by atoms with van der Waals surface area (Å²) in [6.45, 7) is 2.23. The number of esters is 1. The quantitative estimate of drug-likeness (QED) is 0.464. The highest BCUT2D eigenvalue weighted by atomic mass is 16.5. The molecule has 0 saturated heterocycles. The smallest absolute Gasteiger partial charge is 0.305 e. The zero-order valence-electron chi connectivity index (χ0n) is 9.42. The molecule has 0 aromatic carbocycles. The van der Waals surface area contributed by atoms with Gasteiger partial charge >= 0.3 is 5.97 Å². The van der Waals surface area contributed by atoms with Crippen LogP contribution in [-0.4, -0.2) is 13.1 Å². The van der Waals surface area contributed by atoms with Crippen LogP contribution < -0.4 is 0 Å². The first-order valence-electron chi connectivity index (χ1n) is 5.84. The minimum Gasteiger partial charge on any atom is -0.469 e. The van der Waals surface area contributed by atoms with Crippen LogP contribution >= 0.6 is 0 Å². The van der Waals surface area contributed by atoms with E-state index in [0.29, 0.717) is 12.3 Å². The van der Waals surface area contributed by atoms with Gasteiger partial charge in [0.25, 0.3) is 0 Å². The summed E-state index contributed by atoms with van der Waals surface area (Å²) >= 11 is 0. The van der Waals surface area contributed by atoms with Crippen LogP contribution in [0, 0.1) is 11.8 Å². The molecular formula is C12H22O2. The van der Waals surface area contributed by atoms with Gasteiger partial charge < -0.3 is 4.74 Å². The van der Waals surface area contributed by atoms with E-state index < -0.39 is 0 Å². The summed E-state index contributed by atoms with van der Waals surface area (Å²) in [6, 6.07) is 0. The number of ether oxygens (including phenoxy) is 1. The van der Waals surface area contributed by atoms with E-state index in [1.54, 1.807) is 0 Å². The van der Waals surface area contributed by atoms with Crippen molar-refractivity contribution in [2.75, 3.05) is 7.11 Å².